The highest BCUT2D eigenvalue weighted by Gasteiger charge is 2.16. The molecule has 0 unspecified atom stereocenters. The third-order valence-electron chi connectivity index (χ3n) is 3.62. The number of rotatable bonds is 7. The summed E-state index contributed by atoms with van der Waals surface area (Å²) in [4.78, 5) is 24.0. The highest BCUT2D eigenvalue weighted by Crippen LogP contribution is 2.30. The molecule has 0 atom stereocenters. The first-order valence-corrected chi connectivity index (χ1v) is 8.07. The molecule has 0 bridgehead atoms. The van der Waals surface area contributed by atoms with Gasteiger partial charge in [0.15, 0.2) is 11.5 Å². The number of esters is 1. The van der Waals surface area contributed by atoms with Gasteiger partial charge in [-0.15, -0.1) is 0 Å². The van der Waals surface area contributed by atoms with E-state index in [1.165, 1.54) is 31.4 Å². The van der Waals surface area contributed by atoms with E-state index in [0.29, 0.717) is 16.8 Å². The fourth-order valence-electron chi connectivity index (χ4n) is 2.35. The minimum absolute atomic E-state index is 0.0446. The number of carbonyl (C=O) groups excluding carboxylic acids is 2. The van der Waals surface area contributed by atoms with E-state index in [1.54, 1.807) is 26.0 Å². The summed E-state index contributed by atoms with van der Waals surface area (Å²) >= 11 is 0. The van der Waals surface area contributed by atoms with E-state index in [-0.39, 0.29) is 23.7 Å². The molecule has 2 aromatic carbocycles. The summed E-state index contributed by atoms with van der Waals surface area (Å²) < 4.78 is 39.2. The number of hydrogen-bond acceptors (Lipinski definition) is 5. The van der Waals surface area contributed by atoms with Gasteiger partial charge in [0.05, 0.1) is 19.3 Å². The summed E-state index contributed by atoms with van der Waals surface area (Å²) in [5, 5.41) is 2.70. The molecule has 144 valence electrons. The van der Waals surface area contributed by atoms with E-state index in [0.717, 1.165) is 0 Å². The van der Waals surface area contributed by atoms with Crippen molar-refractivity contribution in [3.05, 3.63) is 53.1 Å². The number of methoxy groups -OCH3 is 1. The monoisotopic (exact) mass is 379 g/mol. The van der Waals surface area contributed by atoms with Crippen molar-refractivity contribution in [2.45, 2.75) is 20.5 Å². The van der Waals surface area contributed by atoms with E-state index in [4.69, 9.17) is 4.74 Å². The third kappa shape index (κ3) is 5.16. The molecule has 27 heavy (non-hydrogen) atoms. The van der Waals surface area contributed by atoms with Crippen molar-refractivity contribution in [3.8, 4) is 11.5 Å². The van der Waals surface area contributed by atoms with Crippen LogP contribution in [0.1, 0.15) is 33.2 Å². The van der Waals surface area contributed by atoms with E-state index in [1.807, 2.05) is 0 Å². The number of hydrogen-bond donors (Lipinski definition) is 1. The van der Waals surface area contributed by atoms with Crippen LogP contribution in [0.4, 0.5) is 14.5 Å². The van der Waals surface area contributed by atoms with E-state index in [9.17, 15) is 18.4 Å². The molecule has 0 saturated heterocycles. The lowest BCUT2D eigenvalue weighted by molar-refractivity contribution is -0.0514. The zero-order valence-corrected chi connectivity index (χ0v) is 15.0. The van der Waals surface area contributed by atoms with Crippen molar-refractivity contribution in [1.82, 2.24) is 0 Å². The van der Waals surface area contributed by atoms with Crippen LogP contribution >= 0.6 is 0 Å². The molecule has 0 saturated carbocycles. The van der Waals surface area contributed by atoms with Crippen LogP contribution in [0, 0.1) is 6.92 Å². The largest absolute Gasteiger partial charge is 0.490 e. The lowest BCUT2D eigenvalue weighted by Crippen LogP contribution is -2.14. The second kappa shape index (κ2) is 8.98. The minimum atomic E-state index is -3.00. The Morgan fingerprint density at radius 1 is 1.07 bits per heavy atom. The Morgan fingerprint density at radius 3 is 2.37 bits per heavy atom. The Kier molecular flexibility index (Phi) is 6.70. The van der Waals surface area contributed by atoms with Gasteiger partial charge in [-0.2, -0.15) is 8.78 Å². The maximum atomic E-state index is 12.5. The maximum absolute atomic E-state index is 12.5. The number of benzene rings is 2. The Labute approximate surface area is 155 Å². The van der Waals surface area contributed by atoms with Gasteiger partial charge < -0.3 is 19.5 Å². The van der Waals surface area contributed by atoms with Crippen molar-refractivity contribution in [3.63, 3.8) is 0 Å². The van der Waals surface area contributed by atoms with E-state index < -0.39 is 18.5 Å². The summed E-state index contributed by atoms with van der Waals surface area (Å²) in [6, 6.07) is 8.63. The van der Waals surface area contributed by atoms with Gasteiger partial charge in [0.2, 0.25) is 0 Å². The first-order chi connectivity index (χ1) is 12.8. The first kappa shape index (κ1) is 20.2. The van der Waals surface area contributed by atoms with Crippen LogP contribution in [0.2, 0.25) is 0 Å². The number of aryl methyl sites for hydroxylation is 1. The molecule has 2 rings (SSSR count). The number of ether oxygens (including phenoxy) is 3. The van der Waals surface area contributed by atoms with Crippen molar-refractivity contribution in [1.29, 1.82) is 0 Å². The lowest BCUT2D eigenvalue weighted by Gasteiger charge is -2.13. The van der Waals surface area contributed by atoms with Gasteiger partial charge in [-0.05, 0) is 55.8 Å². The van der Waals surface area contributed by atoms with Crippen LogP contribution in [-0.4, -0.2) is 32.2 Å². The highest BCUT2D eigenvalue weighted by atomic mass is 19.3. The number of carbonyl (C=O) groups is 2. The molecule has 0 heterocycles. The number of halogens is 2. The predicted molar refractivity (Wildman–Crippen MR) is 94.7 cm³/mol. The second-order valence-corrected chi connectivity index (χ2v) is 5.45. The Hall–Kier alpha value is -3.16. The van der Waals surface area contributed by atoms with Gasteiger partial charge in [0.25, 0.3) is 5.91 Å². The lowest BCUT2D eigenvalue weighted by atomic mass is 10.1. The topological polar surface area (TPSA) is 73.9 Å². The molecule has 0 fully saturated rings. The molecule has 0 spiro atoms. The molecule has 0 aliphatic rings. The van der Waals surface area contributed by atoms with Gasteiger partial charge in [-0.3, -0.25) is 4.79 Å². The molecular weight excluding hydrogens is 360 g/mol. The van der Waals surface area contributed by atoms with Crippen molar-refractivity contribution >= 4 is 17.6 Å². The van der Waals surface area contributed by atoms with Crippen LogP contribution in [0.3, 0.4) is 0 Å². The molecule has 2 aromatic rings. The molecule has 0 radical (unpaired) electrons. The minimum Gasteiger partial charge on any atom is -0.490 e. The SMILES string of the molecule is CCOc1cc(C(=O)Nc2ccc(C(=O)OC)cc2C)ccc1OC(F)F. The van der Waals surface area contributed by atoms with E-state index >= 15 is 0 Å². The van der Waals surface area contributed by atoms with Crippen molar-refractivity contribution in [2.24, 2.45) is 0 Å². The van der Waals surface area contributed by atoms with Crippen LogP contribution < -0.4 is 14.8 Å². The Bertz CT molecular complexity index is 839. The van der Waals surface area contributed by atoms with Crippen molar-refractivity contribution in [2.75, 3.05) is 19.0 Å². The third-order valence-corrected chi connectivity index (χ3v) is 3.62. The quantitative estimate of drug-likeness (QED) is 0.735. The average molecular weight is 379 g/mol. The van der Waals surface area contributed by atoms with Crippen LogP contribution in [0.25, 0.3) is 0 Å². The average Bonchev–Trinajstić information content (AvgIpc) is 2.63. The van der Waals surface area contributed by atoms with Gasteiger partial charge >= 0.3 is 12.6 Å². The summed E-state index contributed by atoms with van der Waals surface area (Å²) in [6.45, 7) is 0.636. The zero-order chi connectivity index (χ0) is 20.0. The fourth-order valence-corrected chi connectivity index (χ4v) is 2.35. The van der Waals surface area contributed by atoms with Gasteiger partial charge in [0, 0.05) is 11.3 Å². The summed E-state index contributed by atoms with van der Waals surface area (Å²) in [6.07, 6.45) is 0. The van der Waals surface area contributed by atoms with Crippen LogP contribution in [0.5, 0.6) is 11.5 Å². The molecule has 0 aromatic heterocycles. The number of nitrogens with one attached hydrogen (secondary N) is 1. The summed E-state index contributed by atoms with van der Waals surface area (Å²) in [5.74, 6) is -1.05. The smallest absolute Gasteiger partial charge is 0.387 e. The molecular formula is C19H19F2NO5. The summed E-state index contributed by atoms with van der Waals surface area (Å²) in [5.41, 5.74) is 1.73. The number of amides is 1. The molecule has 1 amide bonds. The maximum Gasteiger partial charge on any atom is 0.387 e. The highest BCUT2D eigenvalue weighted by molar-refractivity contribution is 6.05. The second-order valence-electron chi connectivity index (χ2n) is 5.45. The van der Waals surface area contributed by atoms with Crippen LogP contribution in [-0.2, 0) is 4.74 Å². The fraction of sp³-hybridized carbons (Fsp3) is 0.263. The van der Waals surface area contributed by atoms with Crippen molar-refractivity contribution < 1.29 is 32.6 Å². The van der Waals surface area contributed by atoms with Gasteiger partial charge in [0.1, 0.15) is 0 Å². The predicted octanol–water partition coefficient (Wildman–Crippen LogP) is 4.03. The Balaban J connectivity index is 2.22. The van der Waals surface area contributed by atoms with Crippen LogP contribution in [0.15, 0.2) is 36.4 Å². The molecule has 6 nitrogen and oxygen atoms in total. The zero-order valence-electron chi connectivity index (χ0n) is 15.0. The summed E-state index contributed by atoms with van der Waals surface area (Å²) in [7, 11) is 1.28. The first-order valence-electron chi connectivity index (χ1n) is 8.07. The number of alkyl halides is 2. The molecule has 0 aliphatic carbocycles. The van der Waals surface area contributed by atoms with E-state index in [2.05, 4.69) is 14.8 Å². The Morgan fingerprint density at radius 2 is 1.78 bits per heavy atom. The molecule has 1 N–H and O–H groups in total. The molecule has 8 heteroatoms. The van der Waals surface area contributed by atoms with Gasteiger partial charge in [-0.25, -0.2) is 4.79 Å². The molecule has 0 aliphatic heterocycles. The standard InChI is InChI=1S/C19H19F2NO5/c1-4-26-16-10-12(6-8-15(16)27-19(20)21)17(23)22-14-7-5-13(9-11(14)2)18(24)25-3/h5-10,19H,4H2,1-3H3,(H,22,23). The number of anilines is 1. The normalized spacial score (nSPS) is 10.4. The van der Waals surface area contributed by atoms with Gasteiger partial charge in [-0.1, -0.05) is 0 Å².